The molecule has 0 aromatic carbocycles. The SMILES string of the molecule is C[PH]1(CCNS(=O)(=O)C(F)(F)F)CCCC1. The summed E-state index contributed by atoms with van der Waals surface area (Å²) >= 11 is 0. The van der Waals surface area contributed by atoms with Gasteiger partial charge in [-0.25, -0.2) is 0 Å². The van der Waals surface area contributed by atoms with E-state index in [1.54, 1.807) is 4.72 Å². The van der Waals surface area contributed by atoms with Crippen molar-refractivity contribution < 1.29 is 21.6 Å². The molecule has 0 saturated carbocycles. The summed E-state index contributed by atoms with van der Waals surface area (Å²) < 4.78 is 59.0. The number of rotatable bonds is 4. The van der Waals surface area contributed by atoms with E-state index in [1.807, 2.05) is 0 Å². The van der Waals surface area contributed by atoms with Gasteiger partial charge in [0.2, 0.25) is 0 Å². The Kier molecular flexibility index (Phi) is 4.24. The van der Waals surface area contributed by atoms with Gasteiger partial charge in [0, 0.05) is 0 Å². The van der Waals surface area contributed by atoms with Crippen LogP contribution in [-0.4, -0.2) is 45.6 Å². The van der Waals surface area contributed by atoms with Crippen molar-refractivity contribution in [2.75, 3.05) is 31.7 Å². The molecule has 8 heteroatoms. The average Bonchev–Trinajstić information content (AvgIpc) is 2.50. The van der Waals surface area contributed by atoms with Crippen molar-refractivity contribution in [2.24, 2.45) is 0 Å². The standard InChI is InChI=1S/C8H17F3NO2PS/c1-15(5-2-3-6-15)7-4-12-16(13,14)8(9,10)11/h12,15H,2-7H2,1H3. The van der Waals surface area contributed by atoms with Crippen LogP contribution in [0.4, 0.5) is 13.2 Å². The Morgan fingerprint density at radius 1 is 1.25 bits per heavy atom. The number of hydrogen-bond donors (Lipinski definition) is 1. The van der Waals surface area contributed by atoms with Gasteiger partial charge in [-0.05, 0) is 0 Å². The molecule has 1 heterocycles. The summed E-state index contributed by atoms with van der Waals surface area (Å²) in [7, 11) is -6.58. The topological polar surface area (TPSA) is 46.2 Å². The van der Waals surface area contributed by atoms with Gasteiger partial charge >= 0.3 is 93.6 Å². The third-order valence-electron chi connectivity index (χ3n) is 3.14. The number of halogens is 3. The molecule has 1 saturated heterocycles. The van der Waals surface area contributed by atoms with Gasteiger partial charge in [0.05, 0.1) is 0 Å². The summed E-state index contributed by atoms with van der Waals surface area (Å²) in [4.78, 5) is 0. The van der Waals surface area contributed by atoms with Crippen LogP contribution in [0, 0.1) is 0 Å². The van der Waals surface area contributed by atoms with Crippen LogP contribution in [0.5, 0.6) is 0 Å². The minimum absolute atomic E-state index is 0.0788. The Labute approximate surface area is 94.2 Å². The van der Waals surface area contributed by atoms with Crippen molar-refractivity contribution in [3.63, 3.8) is 0 Å². The second-order valence-electron chi connectivity index (χ2n) is 4.61. The van der Waals surface area contributed by atoms with Crippen molar-refractivity contribution >= 4 is 17.3 Å². The molecule has 0 radical (unpaired) electrons. The second-order valence-corrected chi connectivity index (χ2v) is 11.5. The van der Waals surface area contributed by atoms with E-state index in [9.17, 15) is 21.6 Å². The molecule has 0 bridgehead atoms. The van der Waals surface area contributed by atoms with E-state index in [-0.39, 0.29) is 6.54 Å². The number of alkyl halides is 3. The molecule has 98 valence electrons. The summed E-state index contributed by atoms with van der Waals surface area (Å²) in [5.74, 6) is 0. The molecule has 0 unspecified atom stereocenters. The molecule has 3 nitrogen and oxygen atoms in total. The molecule has 1 aliphatic heterocycles. The zero-order valence-corrected chi connectivity index (χ0v) is 10.9. The Morgan fingerprint density at radius 3 is 2.19 bits per heavy atom. The van der Waals surface area contributed by atoms with Crippen LogP contribution in [0.3, 0.4) is 0 Å². The van der Waals surface area contributed by atoms with Gasteiger partial charge in [-0.2, -0.15) is 0 Å². The minimum atomic E-state index is -5.19. The van der Waals surface area contributed by atoms with Crippen LogP contribution in [0.25, 0.3) is 0 Å². The van der Waals surface area contributed by atoms with Gasteiger partial charge in [-0.1, -0.05) is 0 Å². The van der Waals surface area contributed by atoms with Gasteiger partial charge in [0.25, 0.3) is 0 Å². The fraction of sp³-hybridized carbons (Fsp3) is 1.00. The summed E-state index contributed by atoms with van der Waals surface area (Å²) in [6.45, 7) is 2.05. The van der Waals surface area contributed by atoms with E-state index in [4.69, 9.17) is 0 Å². The monoisotopic (exact) mass is 279 g/mol. The van der Waals surface area contributed by atoms with Crippen molar-refractivity contribution in [2.45, 2.75) is 18.3 Å². The summed E-state index contributed by atoms with van der Waals surface area (Å²) in [6, 6.07) is 0. The van der Waals surface area contributed by atoms with E-state index in [2.05, 4.69) is 6.66 Å². The van der Waals surface area contributed by atoms with Crippen LogP contribution in [0.2, 0.25) is 0 Å². The van der Waals surface area contributed by atoms with Crippen LogP contribution < -0.4 is 4.72 Å². The van der Waals surface area contributed by atoms with Gasteiger partial charge in [0.15, 0.2) is 0 Å². The first-order valence-corrected chi connectivity index (χ1v) is 9.83. The summed E-state index contributed by atoms with van der Waals surface area (Å²) in [5.41, 5.74) is -5.19. The molecular formula is C8H17F3NO2PS. The Morgan fingerprint density at radius 2 is 1.75 bits per heavy atom. The zero-order chi connectivity index (χ0) is 12.4. The van der Waals surface area contributed by atoms with Crippen LogP contribution in [0.1, 0.15) is 12.8 Å². The number of sulfonamides is 1. The molecular weight excluding hydrogens is 262 g/mol. The normalized spacial score (nSPS) is 23.2. The number of hydrogen-bond acceptors (Lipinski definition) is 2. The Hall–Kier alpha value is 0.130. The van der Waals surface area contributed by atoms with Crippen LogP contribution in [0.15, 0.2) is 0 Å². The van der Waals surface area contributed by atoms with Gasteiger partial charge < -0.3 is 0 Å². The van der Waals surface area contributed by atoms with Gasteiger partial charge in [-0.15, -0.1) is 0 Å². The molecule has 0 spiro atoms. The summed E-state index contributed by atoms with van der Waals surface area (Å²) in [5, 5.41) is 0. The molecule has 1 fully saturated rings. The zero-order valence-electron chi connectivity index (χ0n) is 9.10. The van der Waals surface area contributed by atoms with Gasteiger partial charge in [-0.3, -0.25) is 0 Å². The molecule has 0 amide bonds. The molecule has 1 N–H and O–H groups in total. The molecule has 0 aromatic heterocycles. The summed E-state index contributed by atoms with van der Waals surface area (Å²) in [6.07, 6.45) is 5.06. The fourth-order valence-electron chi connectivity index (χ4n) is 2.05. The van der Waals surface area contributed by atoms with E-state index >= 15 is 0 Å². The first kappa shape index (κ1) is 14.2. The first-order chi connectivity index (χ1) is 7.16. The van der Waals surface area contributed by atoms with E-state index < -0.39 is 22.8 Å². The van der Waals surface area contributed by atoms with Crippen molar-refractivity contribution in [3.05, 3.63) is 0 Å². The van der Waals surface area contributed by atoms with Crippen molar-refractivity contribution in [1.29, 1.82) is 0 Å². The van der Waals surface area contributed by atoms with E-state index in [1.165, 1.54) is 0 Å². The van der Waals surface area contributed by atoms with E-state index in [0.29, 0.717) is 6.16 Å². The second kappa shape index (κ2) is 4.78. The van der Waals surface area contributed by atoms with Gasteiger partial charge in [0.1, 0.15) is 0 Å². The predicted octanol–water partition coefficient (Wildman–Crippen LogP) is 1.60. The third kappa shape index (κ3) is 3.57. The fourth-order valence-corrected chi connectivity index (χ4v) is 6.45. The molecule has 0 aliphatic carbocycles. The van der Waals surface area contributed by atoms with Crippen LogP contribution >= 0.6 is 7.26 Å². The maximum atomic E-state index is 12.0. The first-order valence-electron chi connectivity index (χ1n) is 5.22. The Bertz CT molecular complexity index is 336. The van der Waals surface area contributed by atoms with Crippen LogP contribution in [-0.2, 0) is 10.0 Å². The molecule has 16 heavy (non-hydrogen) atoms. The predicted molar refractivity (Wildman–Crippen MR) is 61.1 cm³/mol. The average molecular weight is 279 g/mol. The van der Waals surface area contributed by atoms with Crippen molar-refractivity contribution in [3.8, 4) is 0 Å². The molecule has 0 atom stereocenters. The Balaban J connectivity index is 2.41. The van der Waals surface area contributed by atoms with Crippen molar-refractivity contribution in [1.82, 2.24) is 4.72 Å². The molecule has 1 rings (SSSR count). The maximum absolute atomic E-state index is 12.0. The quantitative estimate of drug-likeness (QED) is 0.795. The molecule has 1 aliphatic rings. The van der Waals surface area contributed by atoms with E-state index in [0.717, 1.165) is 25.2 Å². The molecule has 0 aromatic rings. The third-order valence-corrected chi connectivity index (χ3v) is 8.91. The number of nitrogens with one attached hydrogen (secondary N) is 1.